The molecule has 0 aliphatic carbocycles. The molecule has 2 N–H and O–H groups in total. The van der Waals surface area contributed by atoms with Crippen molar-refractivity contribution in [2.75, 3.05) is 11.9 Å². The Bertz CT molecular complexity index is 981. The van der Waals surface area contributed by atoms with Crippen LogP contribution in [0.5, 0.6) is 0 Å². The van der Waals surface area contributed by atoms with Gasteiger partial charge in [0.2, 0.25) is 5.91 Å². The fraction of sp³-hybridized carbons (Fsp3) is 0.200. The summed E-state index contributed by atoms with van der Waals surface area (Å²) in [5, 5.41) is 10.4. The SMILES string of the molecule is Cc1cc(C)n(-c2ccc(NC(=O)CCNC(=O)c3ccc(Cl)cc3)cn2)n1. The number of halogens is 1. The highest BCUT2D eigenvalue weighted by Gasteiger charge is 2.08. The maximum absolute atomic E-state index is 12.1. The number of pyridine rings is 1. The van der Waals surface area contributed by atoms with Crippen molar-refractivity contribution in [2.45, 2.75) is 20.3 Å². The second kappa shape index (κ2) is 8.67. The summed E-state index contributed by atoms with van der Waals surface area (Å²) in [6.45, 7) is 4.10. The summed E-state index contributed by atoms with van der Waals surface area (Å²) in [5.41, 5.74) is 2.98. The fourth-order valence-electron chi connectivity index (χ4n) is 2.66. The van der Waals surface area contributed by atoms with Gasteiger partial charge in [-0.1, -0.05) is 11.6 Å². The van der Waals surface area contributed by atoms with Gasteiger partial charge in [0, 0.05) is 29.2 Å². The Morgan fingerprint density at radius 2 is 1.86 bits per heavy atom. The number of aryl methyl sites for hydroxylation is 2. The summed E-state index contributed by atoms with van der Waals surface area (Å²) in [5.74, 6) is 0.219. The molecule has 0 fully saturated rings. The molecule has 2 aromatic heterocycles. The molecule has 2 heterocycles. The van der Waals surface area contributed by atoms with E-state index in [0.29, 0.717) is 22.1 Å². The van der Waals surface area contributed by atoms with E-state index in [1.165, 1.54) is 0 Å². The second-order valence-corrected chi connectivity index (χ2v) is 6.74. The number of carbonyl (C=O) groups excluding carboxylic acids is 2. The number of hydrogen-bond acceptors (Lipinski definition) is 4. The summed E-state index contributed by atoms with van der Waals surface area (Å²) < 4.78 is 1.74. The van der Waals surface area contributed by atoms with Crippen LogP contribution in [-0.2, 0) is 4.79 Å². The first-order valence-corrected chi connectivity index (χ1v) is 9.13. The normalized spacial score (nSPS) is 10.5. The Morgan fingerprint density at radius 1 is 1.11 bits per heavy atom. The molecule has 0 bridgehead atoms. The molecular formula is C20H20ClN5O2. The number of hydrogen-bond donors (Lipinski definition) is 2. The van der Waals surface area contributed by atoms with E-state index in [4.69, 9.17) is 11.6 Å². The van der Waals surface area contributed by atoms with Crippen molar-refractivity contribution < 1.29 is 9.59 Å². The van der Waals surface area contributed by atoms with Crippen LogP contribution in [0.1, 0.15) is 28.2 Å². The van der Waals surface area contributed by atoms with Gasteiger partial charge in [0.25, 0.3) is 5.91 Å². The van der Waals surface area contributed by atoms with E-state index in [1.807, 2.05) is 19.9 Å². The van der Waals surface area contributed by atoms with Crippen molar-refractivity contribution in [3.05, 3.63) is 70.6 Å². The summed E-state index contributed by atoms with van der Waals surface area (Å²) >= 11 is 5.80. The standard InChI is InChI=1S/C20H20ClN5O2/c1-13-11-14(2)26(25-13)18-8-7-17(12-23-18)24-19(27)9-10-22-20(28)15-3-5-16(21)6-4-15/h3-8,11-12H,9-10H2,1-2H3,(H,22,28)(H,24,27). The van der Waals surface area contributed by atoms with Crippen molar-refractivity contribution >= 4 is 29.1 Å². The Hall–Kier alpha value is -3.19. The third kappa shape index (κ3) is 4.95. The molecule has 3 rings (SSSR count). The number of benzene rings is 1. The lowest BCUT2D eigenvalue weighted by molar-refractivity contribution is -0.116. The first-order chi connectivity index (χ1) is 13.4. The minimum Gasteiger partial charge on any atom is -0.352 e. The van der Waals surface area contributed by atoms with Crippen LogP contribution in [0.4, 0.5) is 5.69 Å². The minimum atomic E-state index is -0.250. The van der Waals surface area contributed by atoms with Gasteiger partial charge in [-0.2, -0.15) is 5.10 Å². The molecule has 0 spiro atoms. The topological polar surface area (TPSA) is 88.9 Å². The zero-order chi connectivity index (χ0) is 20.1. The molecule has 0 aliphatic heterocycles. The van der Waals surface area contributed by atoms with Crippen LogP contribution in [0.15, 0.2) is 48.7 Å². The molecule has 0 saturated carbocycles. The van der Waals surface area contributed by atoms with Crippen molar-refractivity contribution in [3.63, 3.8) is 0 Å². The van der Waals surface area contributed by atoms with Crippen LogP contribution in [-0.4, -0.2) is 33.1 Å². The van der Waals surface area contributed by atoms with Crippen molar-refractivity contribution in [1.82, 2.24) is 20.1 Å². The largest absolute Gasteiger partial charge is 0.352 e. The van der Waals surface area contributed by atoms with Gasteiger partial charge in [0.05, 0.1) is 17.6 Å². The Kier molecular flexibility index (Phi) is 6.06. The van der Waals surface area contributed by atoms with Crippen LogP contribution in [0.2, 0.25) is 5.02 Å². The number of amides is 2. The van der Waals surface area contributed by atoms with Crippen molar-refractivity contribution in [2.24, 2.45) is 0 Å². The van der Waals surface area contributed by atoms with E-state index < -0.39 is 0 Å². The Labute approximate surface area is 167 Å². The zero-order valence-corrected chi connectivity index (χ0v) is 16.3. The number of aromatic nitrogens is 3. The number of anilines is 1. The van der Waals surface area contributed by atoms with Crippen LogP contribution < -0.4 is 10.6 Å². The van der Waals surface area contributed by atoms with Crippen LogP contribution >= 0.6 is 11.6 Å². The van der Waals surface area contributed by atoms with E-state index in [1.54, 1.807) is 47.3 Å². The molecule has 0 radical (unpaired) electrons. The van der Waals surface area contributed by atoms with Gasteiger partial charge in [-0.3, -0.25) is 9.59 Å². The number of rotatable bonds is 6. The summed E-state index contributed by atoms with van der Waals surface area (Å²) in [4.78, 5) is 28.4. The lowest BCUT2D eigenvalue weighted by Crippen LogP contribution is -2.27. The maximum Gasteiger partial charge on any atom is 0.251 e. The quantitative estimate of drug-likeness (QED) is 0.667. The highest BCUT2D eigenvalue weighted by molar-refractivity contribution is 6.30. The average molecular weight is 398 g/mol. The lowest BCUT2D eigenvalue weighted by atomic mass is 10.2. The van der Waals surface area contributed by atoms with Gasteiger partial charge >= 0.3 is 0 Å². The third-order valence-electron chi connectivity index (χ3n) is 4.00. The van der Waals surface area contributed by atoms with E-state index >= 15 is 0 Å². The molecule has 0 unspecified atom stereocenters. The Balaban J connectivity index is 1.49. The smallest absolute Gasteiger partial charge is 0.251 e. The molecular weight excluding hydrogens is 378 g/mol. The molecule has 1 aromatic carbocycles. The molecule has 0 aliphatic rings. The second-order valence-electron chi connectivity index (χ2n) is 6.30. The van der Waals surface area contributed by atoms with E-state index in [-0.39, 0.29) is 24.8 Å². The van der Waals surface area contributed by atoms with E-state index in [0.717, 1.165) is 11.4 Å². The predicted molar refractivity (Wildman–Crippen MR) is 108 cm³/mol. The maximum atomic E-state index is 12.1. The highest BCUT2D eigenvalue weighted by Crippen LogP contribution is 2.13. The van der Waals surface area contributed by atoms with Crippen LogP contribution in [0.25, 0.3) is 5.82 Å². The summed E-state index contributed by atoms with van der Waals surface area (Å²) in [6, 6.07) is 12.1. The lowest BCUT2D eigenvalue weighted by Gasteiger charge is -2.08. The molecule has 144 valence electrons. The summed E-state index contributed by atoms with van der Waals surface area (Å²) in [7, 11) is 0. The molecule has 2 amide bonds. The molecule has 28 heavy (non-hydrogen) atoms. The van der Waals surface area contributed by atoms with Gasteiger partial charge < -0.3 is 10.6 Å². The number of nitrogens with one attached hydrogen (secondary N) is 2. The predicted octanol–water partition coefficient (Wildman–Crippen LogP) is 3.30. The first-order valence-electron chi connectivity index (χ1n) is 8.76. The monoisotopic (exact) mass is 397 g/mol. The summed E-state index contributed by atoms with van der Waals surface area (Å²) in [6.07, 6.45) is 1.73. The highest BCUT2D eigenvalue weighted by atomic mass is 35.5. The number of carbonyl (C=O) groups is 2. The van der Waals surface area contributed by atoms with Crippen LogP contribution in [0, 0.1) is 13.8 Å². The zero-order valence-electron chi connectivity index (χ0n) is 15.6. The van der Waals surface area contributed by atoms with E-state index in [9.17, 15) is 9.59 Å². The van der Waals surface area contributed by atoms with E-state index in [2.05, 4.69) is 20.7 Å². The molecule has 3 aromatic rings. The third-order valence-corrected chi connectivity index (χ3v) is 4.25. The van der Waals surface area contributed by atoms with Gasteiger partial charge in [0.1, 0.15) is 0 Å². The van der Waals surface area contributed by atoms with Gasteiger partial charge in [-0.25, -0.2) is 9.67 Å². The van der Waals surface area contributed by atoms with Crippen molar-refractivity contribution in [3.8, 4) is 5.82 Å². The van der Waals surface area contributed by atoms with Gasteiger partial charge in [0.15, 0.2) is 5.82 Å². The fourth-order valence-corrected chi connectivity index (χ4v) is 2.79. The molecule has 7 nitrogen and oxygen atoms in total. The molecule has 0 saturated heterocycles. The number of nitrogens with zero attached hydrogens (tertiary/aromatic N) is 3. The van der Waals surface area contributed by atoms with Crippen LogP contribution in [0.3, 0.4) is 0 Å². The van der Waals surface area contributed by atoms with Gasteiger partial charge in [-0.15, -0.1) is 0 Å². The molecule has 8 heteroatoms. The Morgan fingerprint density at radius 3 is 2.46 bits per heavy atom. The van der Waals surface area contributed by atoms with Gasteiger partial charge in [-0.05, 0) is 56.3 Å². The average Bonchev–Trinajstić information content (AvgIpc) is 3.01. The minimum absolute atomic E-state index is 0.151. The molecule has 0 atom stereocenters. The van der Waals surface area contributed by atoms with Crippen molar-refractivity contribution in [1.29, 1.82) is 0 Å². The first kappa shape index (κ1) is 19.6.